The van der Waals surface area contributed by atoms with E-state index in [1.54, 1.807) is 30.3 Å². The zero-order chi connectivity index (χ0) is 30.6. The van der Waals surface area contributed by atoms with Gasteiger partial charge in [0.2, 0.25) is 0 Å². The van der Waals surface area contributed by atoms with Crippen LogP contribution in [0, 0.1) is 5.82 Å². The van der Waals surface area contributed by atoms with Gasteiger partial charge in [-0.2, -0.15) is 5.10 Å². The summed E-state index contributed by atoms with van der Waals surface area (Å²) in [5.41, 5.74) is 4.31. The number of benzene rings is 4. The van der Waals surface area contributed by atoms with Crippen molar-refractivity contribution in [2.45, 2.75) is 13.5 Å². The third kappa shape index (κ3) is 8.70. The molecule has 43 heavy (non-hydrogen) atoms. The highest BCUT2D eigenvalue weighted by atomic mass is 35.5. The summed E-state index contributed by atoms with van der Waals surface area (Å²) in [6.07, 6.45) is 1.38. The Morgan fingerprint density at radius 3 is 2.42 bits per heavy atom. The maximum absolute atomic E-state index is 13.8. The quantitative estimate of drug-likeness (QED) is 0.138. The van der Waals surface area contributed by atoms with Crippen molar-refractivity contribution < 1.29 is 32.9 Å². The summed E-state index contributed by atoms with van der Waals surface area (Å²) in [4.78, 5) is 25.0. The maximum Gasteiger partial charge on any atom is 0.271 e. The first-order valence-corrected chi connectivity index (χ1v) is 13.6. The Morgan fingerprint density at radius 1 is 0.907 bits per heavy atom. The lowest BCUT2D eigenvalue weighted by atomic mass is 10.2. The van der Waals surface area contributed by atoms with E-state index in [4.69, 9.17) is 30.5 Å². The van der Waals surface area contributed by atoms with Gasteiger partial charge in [-0.3, -0.25) is 9.59 Å². The standard InChI is InChI=1S/C32H29ClFN3O6/c1-3-41-28-17-23(13-14-27(28)42-19-21-9-5-4-6-10-21)32(39)37-35-18-22-15-24(33)31(29(16-22)40-2)43-20-30(38)36-26-12-8-7-11-25(26)34/h4-18H,3,19-20H2,1-2H3,(H,36,38)(H,37,39)/b35-18+. The molecular weight excluding hydrogens is 577 g/mol. The van der Waals surface area contributed by atoms with Crippen molar-refractivity contribution >= 4 is 35.3 Å². The number of amides is 2. The van der Waals surface area contributed by atoms with E-state index >= 15 is 0 Å². The average Bonchev–Trinajstić information content (AvgIpc) is 3.01. The lowest BCUT2D eigenvalue weighted by molar-refractivity contribution is -0.118. The van der Waals surface area contributed by atoms with Gasteiger partial charge in [-0.05, 0) is 60.5 Å². The summed E-state index contributed by atoms with van der Waals surface area (Å²) in [5, 5.41) is 6.58. The first-order chi connectivity index (χ1) is 20.9. The maximum atomic E-state index is 13.8. The Morgan fingerprint density at radius 2 is 1.67 bits per heavy atom. The van der Waals surface area contributed by atoms with Gasteiger partial charge in [-0.15, -0.1) is 0 Å². The third-order valence-electron chi connectivity index (χ3n) is 5.87. The van der Waals surface area contributed by atoms with Gasteiger partial charge in [0.25, 0.3) is 11.8 Å². The fourth-order valence-corrected chi connectivity index (χ4v) is 4.12. The minimum Gasteiger partial charge on any atom is -0.493 e. The highest BCUT2D eigenvalue weighted by molar-refractivity contribution is 6.32. The Bertz CT molecular complexity index is 1600. The van der Waals surface area contributed by atoms with Crippen LogP contribution in [-0.4, -0.2) is 38.4 Å². The molecule has 0 aliphatic rings. The molecule has 0 spiro atoms. The number of hydrazone groups is 1. The lowest BCUT2D eigenvalue weighted by Gasteiger charge is -2.13. The molecule has 0 fully saturated rings. The monoisotopic (exact) mass is 605 g/mol. The number of hydrogen-bond acceptors (Lipinski definition) is 7. The molecule has 0 aliphatic carbocycles. The van der Waals surface area contributed by atoms with Gasteiger partial charge < -0.3 is 24.3 Å². The molecule has 4 rings (SSSR count). The second-order valence-electron chi connectivity index (χ2n) is 8.92. The van der Waals surface area contributed by atoms with Crippen LogP contribution in [0.3, 0.4) is 0 Å². The van der Waals surface area contributed by atoms with Crippen molar-refractivity contribution in [3.63, 3.8) is 0 Å². The third-order valence-corrected chi connectivity index (χ3v) is 6.15. The normalized spacial score (nSPS) is 10.7. The number of methoxy groups -OCH3 is 1. The van der Waals surface area contributed by atoms with E-state index in [-0.39, 0.29) is 22.2 Å². The van der Waals surface area contributed by atoms with Crippen LogP contribution in [0.1, 0.15) is 28.4 Å². The molecule has 0 saturated carbocycles. The summed E-state index contributed by atoms with van der Waals surface area (Å²) in [6.45, 7) is 2.15. The van der Waals surface area contributed by atoms with E-state index in [1.807, 2.05) is 37.3 Å². The van der Waals surface area contributed by atoms with Crippen molar-refractivity contribution in [1.82, 2.24) is 5.43 Å². The number of para-hydroxylation sites is 1. The van der Waals surface area contributed by atoms with E-state index in [0.29, 0.717) is 35.8 Å². The molecule has 0 aromatic heterocycles. The van der Waals surface area contributed by atoms with Gasteiger partial charge in [-0.25, -0.2) is 9.82 Å². The Labute approximate surface area is 253 Å². The predicted octanol–water partition coefficient (Wildman–Crippen LogP) is 6.25. The largest absolute Gasteiger partial charge is 0.493 e. The first kappa shape index (κ1) is 30.9. The van der Waals surface area contributed by atoms with Crippen molar-refractivity contribution in [3.05, 3.63) is 112 Å². The predicted molar refractivity (Wildman–Crippen MR) is 162 cm³/mol. The molecule has 0 bridgehead atoms. The average molecular weight is 606 g/mol. The molecule has 0 heterocycles. The number of anilines is 1. The topological polar surface area (TPSA) is 107 Å². The molecule has 11 heteroatoms. The first-order valence-electron chi connectivity index (χ1n) is 13.2. The number of nitrogens with zero attached hydrogens (tertiary/aromatic N) is 1. The molecule has 0 unspecified atom stereocenters. The van der Waals surface area contributed by atoms with Gasteiger partial charge in [0.15, 0.2) is 29.6 Å². The van der Waals surface area contributed by atoms with E-state index < -0.39 is 24.2 Å². The number of rotatable bonds is 13. The Hall–Kier alpha value is -5.09. The molecule has 0 atom stereocenters. The summed E-state index contributed by atoms with van der Waals surface area (Å²) >= 11 is 6.37. The van der Waals surface area contributed by atoms with Gasteiger partial charge in [-0.1, -0.05) is 54.1 Å². The zero-order valence-electron chi connectivity index (χ0n) is 23.4. The van der Waals surface area contributed by atoms with Crippen LogP contribution in [0.4, 0.5) is 10.1 Å². The van der Waals surface area contributed by atoms with Crippen molar-refractivity contribution in [3.8, 4) is 23.0 Å². The highest BCUT2D eigenvalue weighted by Crippen LogP contribution is 2.36. The fraction of sp³-hybridized carbons (Fsp3) is 0.156. The molecule has 0 aliphatic heterocycles. The van der Waals surface area contributed by atoms with Crippen LogP contribution >= 0.6 is 11.6 Å². The number of carbonyl (C=O) groups is 2. The van der Waals surface area contributed by atoms with E-state index in [0.717, 1.165) is 5.56 Å². The van der Waals surface area contributed by atoms with Gasteiger partial charge >= 0.3 is 0 Å². The smallest absolute Gasteiger partial charge is 0.271 e. The zero-order valence-corrected chi connectivity index (χ0v) is 24.2. The van der Waals surface area contributed by atoms with Crippen LogP contribution in [-0.2, 0) is 11.4 Å². The summed E-state index contributed by atoms with van der Waals surface area (Å²) in [6, 6.07) is 23.4. The van der Waals surface area contributed by atoms with Gasteiger partial charge in [0, 0.05) is 5.56 Å². The SMILES string of the molecule is CCOc1cc(C(=O)N/N=C/c2cc(Cl)c(OCC(=O)Nc3ccccc3F)c(OC)c2)ccc1OCc1ccccc1. The number of hydrogen-bond donors (Lipinski definition) is 2. The molecule has 4 aromatic carbocycles. The summed E-state index contributed by atoms with van der Waals surface area (Å²) < 4.78 is 36.3. The highest BCUT2D eigenvalue weighted by Gasteiger charge is 2.15. The molecule has 9 nitrogen and oxygen atoms in total. The molecule has 0 saturated heterocycles. The van der Waals surface area contributed by atoms with Crippen molar-refractivity contribution in [2.24, 2.45) is 5.10 Å². The Balaban J connectivity index is 1.37. The van der Waals surface area contributed by atoms with Crippen molar-refractivity contribution in [1.29, 1.82) is 0 Å². The number of ether oxygens (including phenoxy) is 4. The number of carbonyl (C=O) groups excluding carboxylic acids is 2. The molecule has 2 amide bonds. The lowest BCUT2D eigenvalue weighted by Crippen LogP contribution is -2.21. The van der Waals surface area contributed by atoms with Crippen LogP contribution in [0.2, 0.25) is 5.02 Å². The number of halogens is 2. The van der Waals surface area contributed by atoms with E-state index in [2.05, 4.69) is 15.8 Å². The van der Waals surface area contributed by atoms with Crippen molar-refractivity contribution in [2.75, 3.05) is 25.6 Å². The minimum atomic E-state index is -0.583. The second-order valence-corrected chi connectivity index (χ2v) is 9.33. The fourth-order valence-electron chi connectivity index (χ4n) is 3.84. The van der Waals surface area contributed by atoms with Crippen LogP contribution in [0.25, 0.3) is 0 Å². The van der Waals surface area contributed by atoms with Crippen LogP contribution in [0.15, 0.2) is 90.0 Å². The molecular formula is C32H29ClFN3O6. The van der Waals surface area contributed by atoms with E-state index in [9.17, 15) is 14.0 Å². The second kappa shape index (κ2) is 15.2. The molecule has 0 radical (unpaired) electrons. The summed E-state index contributed by atoms with van der Waals surface area (Å²) in [7, 11) is 1.41. The summed E-state index contributed by atoms with van der Waals surface area (Å²) in [5.74, 6) is -0.324. The van der Waals surface area contributed by atoms with Crippen LogP contribution < -0.4 is 29.7 Å². The minimum absolute atomic E-state index is 0.0317. The Kier molecular flexibility index (Phi) is 10.9. The molecule has 4 aromatic rings. The van der Waals surface area contributed by atoms with Gasteiger partial charge in [0.1, 0.15) is 12.4 Å². The molecule has 222 valence electrons. The van der Waals surface area contributed by atoms with E-state index in [1.165, 1.54) is 37.6 Å². The molecule has 2 N–H and O–H groups in total. The van der Waals surface area contributed by atoms with Crippen LogP contribution in [0.5, 0.6) is 23.0 Å². The van der Waals surface area contributed by atoms with Gasteiger partial charge in [0.05, 0.1) is 30.6 Å². The number of nitrogens with one attached hydrogen (secondary N) is 2.